The van der Waals surface area contributed by atoms with Crippen molar-refractivity contribution >= 4 is 5.97 Å². The SMILES string of the molecule is CCOC1(C)Oc2cc(C(=O)OC)cc(O)c2O1. The molecule has 1 aliphatic heterocycles. The van der Waals surface area contributed by atoms with E-state index in [9.17, 15) is 9.90 Å². The Morgan fingerprint density at radius 1 is 1.44 bits per heavy atom. The Bertz CT molecular complexity index is 484. The Morgan fingerprint density at radius 3 is 2.78 bits per heavy atom. The lowest BCUT2D eigenvalue weighted by Gasteiger charge is -2.21. The molecule has 1 N–H and O–H groups in total. The van der Waals surface area contributed by atoms with Crippen molar-refractivity contribution in [2.75, 3.05) is 13.7 Å². The van der Waals surface area contributed by atoms with Gasteiger partial charge in [-0.3, -0.25) is 0 Å². The molecule has 1 unspecified atom stereocenters. The van der Waals surface area contributed by atoms with Crippen molar-refractivity contribution in [2.45, 2.75) is 19.8 Å². The van der Waals surface area contributed by atoms with Crippen LogP contribution < -0.4 is 9.47 Å². The fourth-order valence-electron chi connectivity index (χ4n) is 1.73. The number of ether oxygens (including phenoxy) is 4. The highest BCUT2D eigenvalue weighted by Crippen LogP contribution is 2.46. The lowest BCUT2D eigenvalue weighted by molar-refractivity contribution is -0.266. The molecular weight excluding hydrogens is 240 g/mol. The fourth-order valence-corrected chi connectivity index (χ4v) is 1.73. The highest BCUT2D eigenvalue weighted by Gasteiger charge is 2.40. The summed E-state index contributed by atoms with van der Waals surface area (Å²) in [7, 11) is 1.26. The van der Waals surface area contributed by atoms with Gasteiger partial charge in [-0.2, -0.15) is 0 Å². The maximum Gasteiger partial charge on any atom is 0.369 e. The summed E-state index contributed by atoms with van der Waals surface area (Å²) in [6.07, 6.45) is 0. The number of aromatic hydroxyl groups is 1. The Hall–Kier alpha value is -1.95. The predicted molar refractivity (Wildman–Crippen MR) is 60.7 cm³/mol. The lowest BCUT2D eigenvalue weighted by Crippen LogP contribution is -2.37. The quantitative estimate of drug-likeness (QED) is 0.827. The van der Waals surface area contributed by atoms with Gasteiger partial charge in [-0.25, -0.2) is 4.79 Å². The summed E-state index contributed by atoms with van der Waals surface area (Å²) in [6.45, 7) is 3.75. The van der Waals surface area contributed by atoms with E-state index in [1.165, 1.54) is 19.2 Å². The van der Waals surface area contributed by atoms with Gasteiger partial charge in [-0.05, 0) is 19.1 Å². The van der Waals surface area contributed by atoms with E-state index in [-0.39, 0.29) is 22.8 Å². The van der Waals surface area contributed by atoms with Gasteiger partial charge in [0.15, 0.2) is 11.5 Å². The van der Waals surface area contributed by atoms with E-state index in [0.717, 1.165) is 0 Å². The number of rotatable bonds is 3. The van der Waals surface area contributed by atoms with Gasteiger partial charge in [-0.15, -0.1) is 0 Å². The number of phenolic OH excluding ortho intramolecular Hbond substituents is 1. The molecule has 0 saturated heterocycles. The van der Waals surface area contributed by atoms with E-state index >= 15 is 0 Å². The first-order valence-corrected chi connectivity index (χ1v) is 5.46. The van der Waals surface area contributed by atoms with E-state index in [0.29, 0.717) is 6.61 Å². The Morgan fingerprint density at radius 2 is 2.17 bits per heavy atom. The summed E-state index contributed by atoms with van der Waals surface area (Å²) in [6, 6.07) is 2.69. The summed E-state index contributed by atoms with van der Waals surface area (Å²) in [5, 5.41) is 9.79. The number of carbonyl (C=O) groups is 1. The third-order valence-electron chi connectivity index (χ3n) is 2.45. The van der Waals surface area contributed by atoms with Crippen LogP contribution in [0.3, 0.4) is 0 Å². The van der Waals surface area contributed by atoms with E-state index in [1.54, 1.807) is 13.8 Å². The van der Waals surface area contributed by atoms with E-state index in [1.807, 2.05) is 0 Å². The zero-order chi connectivity index (χ0) is 13.3. The van der Waals surface area contributed by atoms with Crippen molar-refractivity contribution in [2.24, 2.45) is 0 Å². The van der Waals surface area contributed by atoms with E-state index in [4.69, 9.17) is 14.2 Å². The third-order valence-corrected chi connectivity index (χ3v) is 2.45. The van der Waals surface area contributed by atoms with Gasteiger partial charge in [0.05, 0.1) is 19.3 Å². The molecule has 0 bridgehead atoms. The van der Waals surface area contributed by atoms with Crippen LogP contribution in [-0.4, -0.2) is 30.8 Å². The number of methoxy groups -OCH3 is 1. The van der Waals surface area contributed by atoms with Crippen LogP contribution in [0.5, 0.6) is 17.2 Å². The predicted octanol–water partition coefficient (Wildman–Crippen LogP) is 1.66. The molecule has 2 rings (SSSR count). The van der Waals surface area contributed by atoms with Gasteiger partial charge >= 0.3 is 11.9 Å². The zero-order valence-corrected chi connectivity index (χ0v) is 10.4. The number of esters is 1. The molecule has 0 spiro atoms. The first-order chi connectivity index (χ1) is 8.49. The summed E-state index contributed by atoms with van der Waals surface area (Å²) < 4.78 is 20.7. The van der Waals surface area contributed by atoms with Gasteiger partial charge in [0.25, 0.3) is 0 Å². The molecule has 18 heavy (non-hydrogen) atoms. The van der Waals surface area contributed by atoms with Crippen molar-refractivity contribution in [3.8, 4) is 17.2 Å². The second-order valence-corrected chi connectivity index (χ2v) is 3.81. The van der Waals surface area contributed by atoms with Gasteiger partial charge in [-0.1, -0.05) is 0 Å². The van der Waals surface area contributed by atoms with Crippen LogP contribution in [0.15, 0.2) is 12.1 Å². The Balaban J connectivity index is 2.36. The molecule has 1 aromatic rings. The zero-order valence-electron chi connectivity index (χ0n) is 10.4. The summed E-state index contributed by atoms with van der Waals surface area (Å²) in [4.78, 5) is 11.4. The van der Waals surface area contributed by atoms with Crippen LogP contribution >= 0.6 is 0 Å². The summed E-state index contributed by atoms with van der Waals surface area (Å²) >= 11 is 0. The van der Waals surface area contributed by atoms with Gasteiger partial charge in [0.2, 0.25) is 5.75 Å². The van der Waals surface area contributed by atoms with Gasteiger partial charge in [0.1, 0.15) is 0 Å². The molecule has 6 heteroatoms. The number of fused-ring (bicyclic) bond motifs is 1. The maximum atomic E-state index is 11.4. The normalized spacial score (nSPS) is 20.8. The number of hydrogen-bond donors (Lipinski definition) is 1. The molecule has 0 amide bonds. The molecule has 98 valence electrons. The fraction of sp³-hybridized carbons (Fsp3) is 0.417. The minimum atomic E-state index is -1.29. The summed E-state index contributed by atoms with van der Waals surface area (Å²) in [5.74, 6) is -1.66. The molecule has 0 radical (unpaired) electrons. The van der Waals surface area contributed by atoms with Crippen LogP contribution in [0, 0.1) is 0 Å². The van der Waals surface area contributed by atoms with E-state index < -0.39 is 11.9 Å². The molecule has 0 fully saturated rings. The largest absolute Gasteiger partial charge is 0.504 e. The molecule has 6 nitrogen and oxygen atoms in total. The van der Waals surface area contributed by atoms with Crippen LogP contribution in [0.1, 0.15) is 24.2 Å². The number of hydrogen-bond acceptors (Lipinski definition) is 6. The first-order valence-electron chi connectivity index (χ1n) is 5.46. The molecule has 0 aliphatic carbocycles. The molecule has 1 aliphatic rings. The molecule has 1 heterocycles. The monoisotopic (exact) mass is 254 g/mol. The van der Waals surface area contributed by atoms with Crippen molar-refractivity contribution in [1.82, 2.24) is 0 Å². The number of carbonyl (C=O) groups excluding carboxylic acids is 1. The summed E-state index contributed by atoms with van der Waals surface area (Å²) in [5.41, 5.74) is 0.179. The van der Waals surface area contributed by atoms with Gasteiger partial charge < -0.3 is 24.1 Å². The molecule has 0 saturated carbocycles. The van der Waals surface area contributed by atoms with Crippen molar-refractivity contribution in [3.05, 3.63) is 17.7 Å². The van der Waals surface area contributed by atoms with Crippen LogP contribution in [0.25, 0.3) is 0 Å². The van der Waals surface area contributed by atoms with E-state index in [2.05, 4.69) is 4.74 Å². The maximum absolute atomic E-state index is 11.4. The number of benzene rings is 1. The second-order valence-electron chi connectivity index (χ2n) is 3.81. The van der Waals surface area contributed by atoms with Crippen molar-refractivity contribution < 1.29 is 28.8 Å². The van der Waals surface area contributed by atoms with Crippen LogP contribution in [0.2, 0.25) is 0 Å². The van der Waals surface area contributed by atoms with Crippen LogP contribution in [-0.2, 0) is 9.47 Å². The van der Waals surface area contributed by atoms with Crippen LogP contribution in [0.4, 0.5) is 0 Å². The smallest absolute Gasteiger partial charge is 0.369 e. The first kappa shape index (κ1) is 12.5. The van der Waals surface area contributed by atoms with Gasteiger partial charge in [0, 0.05) is 6.92 Å². The van der Waals surface area contributed by atoms with Crippen molar-refractivity contribution in [3.63, 3.8) is 0 Å². The standard InChI is InChI=1S/C12H14O6/c1-4-16-12(2)17-9-6-7(11(14)15-3)5-8(13)10(9)18-12/h5-6,13H,4H2,1-3H3. The average molecular weight is 254 g/mol. The Labute approximate surface area is 104 Å². The minimum Gasteiger partial charge on any atom is -0.504 e. The average Bonchev–Trinajstić information content (AvgIpc) is 2.65. The molecule has 1 atom stereocenters. The second kappa shape index (κ2) is 4.38. The van der Waals surface area contributed by atoms with Crippen molar-refractivity contribution in [1.29, 1.82) is 0 Å². The topological polar surface area (TPSA) is 74.2 Å². The highest BCUT2D eigenvalue weighted by molar-refractivity contribution is 5.91. The molecular formula is C12H14O6. The Kier molecular flexibility index (Phi) is 3.04. The molecule has 0 aromatic heterocycles. The lowest BCUT2D eigenvalue weighted by atomic mass is 10.2. The number of phenols is 1. The molecule has 1 aromatic carbocycles. The minimum absolute atomic E-state index is 0.151. The third kappa shape index (κ3) is 2.06. The highest BCUT2D eigenvalue weighted by atomic mass is 16.9.